The number of nitrogens with one attached hydrogen (secondary N) is 1. The first kappa shape index (κ1) is 29.0. The Bertz CT molecular complexity index is 1480. The highest BCUT2D eigenvalue weighted by Gasteiger charge is 2.13. The van der Waals surface area contributed by atoms with E-state index in [1.807, 2.05) is 72.8 Å². The molecule has 0 aromatic heterocycles. The van der Waals surface area contributed by atoms with E-state index in [9.17, 15) is 5.26 Å². The van der Waals surface area contributed by atoms with Gasteiger partial charge in [-0.1, -0.05) is 42.5 Å². The Morgan fingerprint density at radius 2 is 1.65 bits per heavy atom. The maximum absolute atomic E-state index is 9.20. The largest absolute Gasteiger partial charge is 0.493 e. The molecular formula is C32H31BrN2O5. The van der Waals surface area contributed by atoms with E-state index in [1.165, 1.54) is 0 Å². The lowest BCUT2D eigenvalue weighted by molar-refractivity contribution is 0.282. The number of benzene rings is 4. The molecule has 7 nitrogen and oxygen atoms in total. The quantitative estimate of drug-likeness (QED) is 0.175. The van der Waals surface area contributed by atoms with E-state index in [2.05, 4.69) is 27.3 Å². The van der Waals surface area contributed by atoms with Gasteiger partial charge in [-0.3, -0.25) is 0 Å². The number of aliphatic hydroxyl groups is 1. The molecule has 4 rings (SSSR count). The standard InChI is InChI=1S/C32H31BrN2O5/c1-37-29-12-10-24(16-31(29)38-2)28-8-4-7-26(32(28)33)21-39-27-11-9-25(19-35-13-14-36)30(17-27)40-20-23-6-3-5-22(15-23)18-34/h3-12,15-17,35-36H,13-14,19-21H2,1-2H3. The number of hydrogen-bond acceptors (Lipinski definition) is 7. The van der Waals surface area contributed by atoms with Crippen molar-refractivity contribution in [1.29, 1.82) is 5.26 Å². The Labute approximate surface area is 243 Å². The van der Waals surface area contributed by atoms with Crippen molar-refractivity contribution in [3.63, 3.8) is 0 Å². The third-order valence-electron chi connectivity index (χ3n) is 6.26. The lowest BCUT2D eigenvalue weighted by atomic mass is 10.0. The molecule has 40 heavy (non-hydrogen) atoms. The third kappa shape index (κ3) is 7.33. The Morgan fingerprint density at radius 1 is 0.825 bits per heavy atom. The van der Waals surface area contributed by atoms with Crippen LogP contribution in [0.2, 0.25) is 0 Å². The van der Waals surface area contributed by atoms with Crippen LogP contribution in [-0.4, -0.2) is 32.5 Å². The van der Waals surface area contributed by atoms with Crippen molar-refractivity contribution in [2.75, 3.05) is 27.4 Å². The van der Waals surface area contributed by atoms with Crippen molar-refractivity contribution in [3.05, 3.63) is 106 Å². The molecule has 0 unspecified atom stereocenters. The summed E-state index contributed by atoms with van der Waals surface area (Å²) in [5.41, 5.74) is 5.41. The van der Waals surface area contributed by atoms with E-state index in [0.717, 1.165) is 32.3 Å². The number of aliphatic hydroxyl groups excluding tert-OH is 1. The molecule has 4 aromatic carbocycles. The predicted octanol–water partition coefficient (Wildman–Crippen LogP) is 6.24. The normalized spacial score (nSPS) is 10.6. The molecular weight excluding hydrogens is 572 g/mol. The Balaban J connectivity index is 1.52. The minimum absolute atomic E-state index is 0.0512. The number of ether oxygens (including phenoxy) is 4. The fourth-order valence-electron chi connectivity index (χ4n) is 4.18. The molecule has 8 heteroatoms. The first-order chi connectivity index (χ1) is 19.6. The molecule has 0 atom stereocenters. The van der Waals surface area contributed by atoms with Gasteiger partial charge in [-0.15, -0.1) is 0 Å². The van der Waals surface area contributed by atoms with Crippen molar-refractivity contribution in [2.24, 2.45) is 0 Å². The van der Waals surface area contributed by atoms with E-state index in [4.69, 9.17) is 24.1 Å². The fraction of sp³-hybridized carbons (Fsp3) is 0.219. The summed E-state index contributed by atoms with van der Waals surface area (Å²) in [6, 6.07) is 27.1. The van der Waals surface area contributed by atoms with Gasteiger partial charge in [-0.25, -0.2) is 0 Å². The van der Waals surface area contributed by atoms with Gasteiger partial charge in [0.05, 0.1) is 32.5 Å². The fourth-order valence-corrected chi connectivity index (χ4v) is 4.79. The number of halogens is 1. The van der Waals surface area contributed by atoms with Crippen LogP contribution >= 0.6 is 15.9 Å². The van der Waals surface area contributed by atoms with Gasteiger partial charge >= 0.3 is 0 Å². The predicted molar refractivity (Wildman–Crippen MR) is 158 cm³/mol. The molecule has 206 valence electrons. The molecule has 2 N–H and O–H groups in total. The highest BCUT2D eigenvalue weighted by Crippen LogP contribution is 2.37. The average molecular weight is 604 g/mol. The minimum atomic E-state index is 0.0512. The Morgan fingerprint density at radius 3 is 2.42 bits per heavy atom. The molecule has 0 saturated carbocycles. The van der Waals surface area contributed by atoms with Gasteiger partial charge in [-0.05, 0) is 63.0 Å². The van der Waals surface area contributed by atoms with E-state index in [-0.39, 0.29) is 6.61 Å². The van der Waals surface area contributed by atoms with Gasteiger partial charge in [0.25, 0.3) is 0 Å². The minimum Gasteiger partial charge on any atom is -0.493 e. The highest BCUT2D eigenvalue weighted by molar-refractivity contribution is 9.10. The summed E-state index contributed by atoms with van der Waals surface area (Å²) >= 11 is 3.77. The SMILES string of the molecule is COc1ccc(-c2cccc(COc3ccc(CNCCO)c(OCc4cccc(C#N)c4)c3)c2Br)cc1OC. The van der Waals surface area contributed by atoms with Crippen LogP contribution < -0.4 is 24.3 Å². The third-order valence-corrected chi connectivity index (χ3v) is 7.20. The molecule has 0 radical (unpaired) electrons. The van der Waals surface area contributed by atoms with Crippen LogP contribution in [0.15, 0.2) is 83.3 Å². The summed E-state index contributed by atoms with van der Waals surface area (Å²) in [5.74, 6) is 2.67. The number of rotatable bonds is 13. The molecule has 0 bridgehead atoms. The summed E-state index contributed by atoms with van der Waals surface area (Å²) in [7, 11) is 3.24. The second-order valence-electron chi connectivity index (χ2n) is 8.91. The monoisotopic (exact) mass is 602 g/mol. The van der Waals surface area contributed by atoms with Gasteiger partial charge in [0.2, 0.25) is 0 Å². The first-order valence-corrected chi connectivity index (χ1v) is 13.5. The zero-order chi connectivity index (χ0) is 28.3. The molecule has 0 fully saturated rings. The van der Waals surface area contributed by atoms with Gasteiger partial charge < -0.3 is 29.4 Å². The molecule has 0 aliphatic carbocycles. The van der Waals surface area contributed by atoms with E-state index in [1.54, 1.807) is 20.3 Å². The van der Waals surface area contributed by atoms with Crippen molar-refractivity contribution >= 4 is 15.9 Å². The molecule has 0 heterocycles. The Kier molecular flexibility index (Phi) is 10.4. The number of methoxy groups -OCH3 is 2. The van der Waals surface area contributed by atoms with Crippen molar-refractivity contribution in [1.82, 2.24) is 5.32 Å². The van der Waals surface area contributed by atoms with Gasteiger partial charge in [0, 0.05) is 34.8 Å². The summed E-state index contributed by atoms with van der Waals surface area (Å²) in [4.78, 5) is 0. The molecule has 0 saturated heterocycles. The van der Waals surface area contributed by atoms with E-state index < -0.39 is 0 Å². The molecule has 4 aromatic rings. The zero-order valence-corrected chi connectivity index (χ0v) is 24.0. The second kappa shape index (κ2) is 14.4. The van der Waals surface area contributed by atoms with E-state index >= 15 is 0 Å². The highest BCUT2D eigenvalue weighted by atomic mass is 79.9. The van der Waals surface area contributed by atoms with Crippen molar-refractivity contribution in [2.45, 2.75) is 19.8 Å². The smallest absolute Gasteiger partial charge is 0.161 e. The van der Waals surface area contributed by atoms with Crippen LogP contribution in [0.4, 0.5) is 0 Å². The van der Waals surface area contributed by atoms with Crippen LogP contribution in [-0.2, 0) is 19.8 Å². The summed E-state index contributed by atoms with van der Waals surface area (Å²) in [6.07, 6.45) is 0. The molecule has 0 aliphatic heterocycles. The maximum Gasteiger partial charge on any atom is 0.161 e. The summed E-state index contributed by atoms with van der Waals surface area (Å²) in [5, 5.41) is 21.5. The van der Waals surface area contributed by atoms with Gasteiger partial charge in [-0.2, -0.15) is 5.26 Å². The lowest BCUT2D eigenvalue weighted by Gasteiger charge is -2.16. The topological polar surface area (TPSA) is 93.0 Å². The van der Waals surface area contributed by atoms with Crippen LogP contribution in [0.25, 0.3) is 11.1 Å². The van der Waals surface area contributed by atoms with Gasteiger partial charge in [0.1, 0.15) is 24.7 Å². The maximum atomic E-state index is 9.20. The zero-order valence-electron chi connectivity index (χ0n) is 22.4. The number of nitriles is 1. The lowest BCUT2D eigenvalue weighted by Crippen LogP contribution is -2.18. The van der Waals surface area contributed by atoms with Crippen LogP contribution in [0, 0.1) is 11.3 Å². The van der Waals surface area contributed by atoms with Crippen LogP contribution in [0.3, 0.4) is 0 Å². The second-order valence-corrected chi connectivity index (χ2v) is 9.70. The summed E-state index contributed by atoms with van der Waals surface area (Å²) < 4.78 is 24.1. The first-order valence-electron chi connectivity index (χ1n) is 12.7. The number of hydrogen-bond donors (Lipinski definition) is 2. The summed E-state index contributed by atoms with van der Waals surface area (Å²) in [6.45, 7) is 1.72. The van der Waals surface area contributed by atoms with Crippen LogP contribution in [0.1, 0.15) is 22.3 Å². The molecule has 0 aliphatic rings. The van der Waals surface area contributed by atoms with Crippen LogP contribution in [0.5, 0.6) is 23.0 Å². The van der Waals surface area contributed by atoms with Gasteiger partial charge in [0.15, 0.2) is 11.5 Å². The molecule has 0 spiro atoms. The van der Waals surface area contributed by atoms with Crippen molar-refractivity contribution in [3.8, 4) is 40.2 Å². The van der Waals surface area contributed by atoms with Crippen molar-refractivity contribution < 1.29 is 24.1 Å². The Hall–Kier alpha value is -4.03. The molecule has 0 amide bonds. The number of nitrogens with zero attached hydrogens (tertiary/aromatic N) is 1. The average Bonchev–Trinajstić information content (AvgIpc) is 3.00. The van der Waals surface area contributed by atoms with E-state index in [0.29, 0.717) is 54.9 Å².